The first-order valence-corrected chi connectivity index (χ1v) is 4.12. The molecule has 0 aliphatic carbocycles. The van der Waals surface area contributed by atoms with Crippen LogP contribution in [-0.2, 0) is 4.79 Å². The highest BCUT2D eigenvalue weighted by atomic mass is 16.4. The summed E-state index contributed by atoms with van der Waals surface area (Å²) in [5.74, 6) is 0.643. The average Bonchev–Trinajstić information content (AvgIpc) is 2.52. The van der Waals surface area contributed by atoms with E-state index in [-0.39, 0.29) is 11.3 Å². The summed E-state index contributed by atoms with van der Waals surface area (Å²) >= 11 is 0. The number of carbonyl (C=O) groups is 1. The number of aromatic nitrogens is 1. The van der Waals surface area contributed by atoms with E-state index in [2.05, 4.69) is 10.4 Å². The Bertz CT molecular complexity index is 491. The van der Waals surface area contributed by atoms with Crippen LogP contribution in [0, 0.1) is 0 Å². The molecule has 0 saturated carbocycles. The normalized spacial score (nSPS) is 13.1. The average molecular weight is 205 g/mol. The van der Waals surface area contributed by atoms with E-state index < -0.39 is 5.97 Å². The van der Waals surface area contributed by atoms with Crippen molar-refractivity contribution in [3.05, 3.63) is 23.5 Å². The third kappa shape index (κ3) is 1.24. The first-order valence-electron chi connectivity index (χ1n) is 4.12. The van der Waals surface area contributed by atoms with Crippen LogP contribution < -0.4 is 5.43 Å². The molecule has 0 bridgehead atoms. The molecule has 0 amide bonds. The summed E-state index contributed by atoms with van der Waals surface area (Å²) in [5.41, 5.74) is 3.87. The van der Waals surface area contributed by atoms with E-state index in [9.17, 15) is 9.59 Å². The number of carboxylic acids is 1. The van der Waals surface area contributed by atoms with Gasteiger partial charge in [-0.05, 0) is 0 Å². The van der Waals surface area contributed by atoms with Crippen LogP contribution in [-0.4, -0.2) is 34.1 Å². The molecule has 0 aromatic carbocycles. The lowest BCUT2D eigenvalue weighted by atomic mass is 10.1. The number of nitrogens with one attached hydrogen (secondary N) is 1. The Hall–Kier alpha value is -2.33. The number of carboxylic acid groups (broad SMARTS) is 1. The van der Waals surface area contributed by atoms with Crippen molar-refractivity contribution < 1.29 is 14.7 Å². The molecule has 2 heterocycles. The zero-order valence-electron chi connectivity index (χ0n) is 7.81. The number of hydrogen-bond donors (Lipinski definition) is 2. The molecule has 2 rings (SSSR count). The number of pyridine rings is 1. The van der Waals surface area contributed by atoms with Crippen LogP contribution in [0.15, 0.2) is 12.4 Å². The van der Waals surface area contributed by atoms with Crippen LogP contribution in [0.25, 0.3) is 5.70 Å². The van der Waals surface area contributed by atoms with Gasteiger partial charge in [-0.2, -0.15) is 0 Å². The summed E-state index contributed by atoms with van der Waals surface area (Å²) in [6.07, 6.45) is 2.66. The van der Waals surface area contributed by atoms with E-state index in [0.29, 0.717) is 11.3 Å². The van der Waals surface area contributed by atoms with Gasteiger partial charge in [0.05, 0.1) is 11.3 Å². The first-order chi connectivity index (χ1) is 7.15. The number of carbonyl (C=O) groups excluding carboxylic acids is 1. The second-order valence-electron chi connectivity index (χ2n) is 3.04. The van der Waals surface area contributed by atoms with E-state index in [1.165, 1.54) is 17.4 Å². The van der Waals surface area contributed by atoms with E-state index in [1.54, 1.807) is 13.0 Å². The zero-order valence-corrected chi connectivity index (χ0v) is 7.81. The fourth-order valence-electron chi connectivity index (χ4n) is 1.45. The molecule has 0 saturated heterocycles. The van der Waals surface area contributed by atoms with E-state index in [1.807, 2.05) is 0 Å². The molecular weight excluding hydrogens is 198 g/mol. The molecule has 1 aliphatic heterocycles. The lowest BCUT2D eigenvalue weighted by Gasteiger charge is -2.10. The van der Waals surface area contributed by atoms with Gasteiger partial charge in [-0.1, -0.05) is 0 Å². The van der Waals surface area contributed by atoms with E-state index >= 15 is 0 Å². The number of fused-ring (bicyclic) bond motifs is 1. The fraction of sp³-hybridized carbons (Fsp3) is 0.111. The van der Waals surface area contributed by atoms with Crippen molar-refractivity contribution in [2.45, 2.75) is 0 Å². The van der Waals surface area contributed by atoms with Gasteiger partial charge in [-0.3, -0.25) is 15.4 Å². The Morgan fingerprint density at radius 1 is 1.60 bits per heavy atom. The number of aromatic carboxylic acids is 1. The summed E-state index contributed by atoms with van der Waals surface area (Å²) in [4.78, 5) is 25.3. The van der Waals surface area contributed by atoms with Crippen molar-refractivity contribution in [3.63, 3.8) is 0 Å². The number of hydrazine groups is 1. The largest absolute Gasteiger partial charge is 0.478 e. The number of rotatable bonds is 1. The van der Waals surface area contributed by atoms with Crippen molar-refractivity contribution in [1.82, 2.24) is 9.99 Å². The number of anilines is 1. The predicted octanol–water partition coefficient (Wildman–Crippen LogP) is 0.225. The Labute approximate surface area is 84.8 Å². The minimum atomic E-state index is -1.09. The van der Waals surface area contributed by atoms with Gasteiger partial charge in [0.2, 0.25) is 0 Å². The topological polar surface area (TPSA) is 82.5 Å². The summed E-state index contributed by atoms with van der Waals surface area (Å²) in [6, 6.07) is 0. The summed E-state index contributed by atoms with van der Waals surface area (Å²) in [5, 5.41) is 10.3. The number of hydrogen-bond acceptors (Lipinski definition) is 5. The third-order valence-electron chi connectivity index (χ3n) is 2.14. The maximum absolute atomic E-state index is 10.9. The quantitative estimate of drug-likeness (QED) is 0.638. The monoisotopic (exact) mass is 205 g/mol. The Balaban J connectivity index is 2.68. The molecule has 0 radical (unpaired) electrons. The van der Waals surface area contributed by atoms with Crippen LogP contribution in [0.2, 0.25) is 0 Å². The van der Waals surface area contributed by atoms with Crippen molar-refractivity contribution >= 4 is 23.3 Å². The van der Waals surface area contributed by atoms with Crippen LogP contribution >= 0.6 is 0 Å². The van der Waals surface area contributed by atoms with Gasteiger partial charge < -0.3 is 5.11 Å². The summed E-state index contributed by atoms with van der Waals surface area (Å²) in [7, 11) is 1.60. The van der Waals surface area contributed by atoms with E-state index in [4.69, 9.17) is 5.11 Å². The fourth-order valence-corrected chi connectivity index (χ4v) is 1.45. The van der Waals surface area contributed by atoms with Crippen molar-refractivity contribution in [3.8, 4) is 0 Å². The maximum Gasteiger partial charge on any atom is 0.339 e. The molecule has 0 atom stereocenters. The molecule has 0 fully saturated rings. The molecule has 1 aromatic rings. The van der Waals surface area contributed by atoms with Gasteiger partial charge in [0.15, 0.2) is 11.6 Å². The molecule has 6 nitrogen and oxygen atoms in total. The maximum atomic E-state index is 10.9. The molecule has 2 N–H and O–H groups in total. The van der Waals surface area contributed by atoms with Crippen molar-refractivity contribution in [2.24, 2.45) is 0 Å². The summed E-state index contributed by atoms with van der Waals surface area (Å²) < 4.78 is 0. The van der Waals surface area contributed by atoms with Gasteiger partial charge in [-0.15, -0.1) is 0 Å². The van der Waals surface area contributed by atoms with Gasteiger partial charge in [-0.25, -0.2) is 9.59 Å². The first kappa shape index (κ1) is 9.23. The van der Waals surface area contributed by atoms with Crippen molar-refractivity contribution in [2.75, 3.05) is 12.5 Å². The zero-order chi connectivity index (χ0) is 11.0. The molecule has 1 aliphatic rings. The summed E-state index contributed by atoms with van der Waals surface area (Å²) in [6.45, 7) is 0. The molecule has 6 heteroatoms. The van der Waals surface area contributed by atoms with Gasteiger partial charge in [0.1, 0.15) is 5.56 Å². The molecule has 76 valence electrons. The minimum absolute atomic E-state index is 0.0320. The van der Waals surface area contributed by atoms with Gasteiger partial charge in [0.25, 0.3) is 0 Å². The molecule has 15 heavy (non-hydrogen) atoms. The molecule has 0 unspecified atom stereocenters. The second-order valence-corrected chi connectivity index (χ2v) is 3.04. The highest BCUT2D eigenvalue weighted by molar-refractivity contribution is 6.02. The highest BCUT2D eigenvalue weighted by Gasteiger charge is 2.26. The lowest BCUT2D eigenvalue weighted by molar-refractivity contribution is 0.0697. The lowest BCUT2D eigenvalue weighted by Crippen LogP contribution is -2.17. The van der Waals surface area contributed by atoms with Crippen LogP contribution in [0.3, 0.4) is 0 Å². The number of nitrogens with zero attached hydrogens (tertiary/aromatic N) is 2. The van der Waals surface area contributed by atoms with Crippen LogP contribution in [0.4, 0.5) is 5.69 Å². The van der Waals surface area contributed by atoms with Crippen LogP contribution in [0.1, 0.15) is 15.9 Å². The SMILES string of the molecule is CN1Nc2c(C(=O)O)cncc2C1=C=O. The minimum Gasteiger partial charge on any atom is -0.478 e. The Kier molecular flexibility index (Phi) is 1.91. The Morgan fingerprint density at radius 3 is 2.93 bits per heavy atom. The molecular formula is C9H7N3O3. The van der Waals surface area contributed by atoms with Crippen molar-refractivity contribution in [1.29, 1.82) is 0 Å². The molecule has 1 aromatic heterocycles. The van der Waals surface area contributed by atoms with E-state index in [0.717, 1.165) is 0 Å². The van der Waals surface area contributed by atoms with Gasteiger partial charge >= 0.3 is 5.97 Å². The van der Waals surface area contributed by atoms with Gasteiger partial charge in [0, 0.05) is 19.4 Å². The third-order valence-corrected chi connectivity index (χ3v) is 2.14. The van der Waals surface area contributed by atoms with Crippen LogP contribution in [0.5, 0.6) is 0 Å². The predicted molar refractivity (Wildman–Crippen MR) is 51.7 cm³/mol. The second kappa shape index (κ2) is 3.11. The smallest absolute Gasteiger partial charge is 0.339 e. The standard InChI is InChI=1S/C9H7N3O3/c1-12-7(4-13)5-2-10-3-6(9(14)15)8(5)11-12/h2-3,11H,1H3,(H,14,15). The molecule has 0 spiro atoms. The highest BCUT2D eigenvalue weighted by Crippen LogP contribution is 2.33. The Morgan fingerprint density at radius 2 is 2.33 bits per heavy atom.